The van der Waals surface area contributed by atoms with Gasteiger partial charge in [-0.3, -0.25) is 0 Å². The third-order valence-corrected chi connectivity index (χ3v) is 3.20. The molecule has 1 fully saturated rings. The van der Waals surface area contributed by atoms with Crippen LogP contribution in [0.5, 0.6) is 0 Å². The minimum absolute atomic E-state index is 0.0335. The van der Waals surface area contributed by atoms with Crippen molar-refractivity contribution in [3.8, 4) is 0 Å². The smallest absolute Gasteiger partial charge is 0.233 e. The molecule has 0 spiro atoms. The lowest BCUT2D eigenvalue weighted by Crippen LogP contribution is -2.22. The Balaban J connectivity index is 1.89. The lowest BCUT2D eigenvalue weighted by Gasteiger charge is -2.16. The van der Waals surface area contributed by atoms with Crippen molar-refractivity contribution in [1.82, 2.24) is 15.0 Å². The Kier molecular flexibility index (Phi) is 3.51. The largest absolute Gasteiger partial charge is 0.368 e. The molecule has 6 nitrogen and oxygen atoms in total. The van der Waals surface area contributed by atoms with Crippen LogP contribution < -0.4 is 16.0 Å². The molecule has 3 N–H and O–H groups in total. The van der Waals surface area contributed by atoms with Gasteiger partial charge in [-0.25, -0.2) is 8.78 Å². The van der Waals surface area contributed by atoms with E-state index in [1.807, 2.05) is 4.90 Å². The highest BCUT2D eigenvalue weighted by Gasteiger charge is 2.17. The van der Waals surface area contributed by atoms with E-state index in [4.69, 9.17) is 5.73 Å². The van der Waals surface area contributed by atoms with Crippen molar-refractivity contribution in [1.29, 1.82) is 0 Å². The number of anilines is 4. The highest BCUT2D eigenvalue weighted by molar-refractivity contribution is 5.56. The summed E-state index contributed by atoms with van der Waals surface area (Å²) in [4.78, 5) is 14.2. The molecule has 0 amide bonds. The molecule has 0 radical (unpaired) electrons. The predicted octanol–water partition coefficient (Wildman–Crippen LogP) is 2.08. The average Bonchev–Trinajstić information content (AvgIpc) is 2.96. The van der Waals surface area contributed by atoms with Gasteiger partial charge in [0.25, 0.3) is 0 Å². The van der Waals surface area contributed by atoms with Crippen LogP contribution in [0, 0.1) is 11.6 Å². The van der Waals surface area contributed by atoms with E-state index in [1.54, 1.807) is 0 Å². The second-order valence-electron chi connectivity index (χ2n) is 4.76. The van der Waals surface area contributed by atoms with Gasteiger partial charge in [-0.15, -0.1) is 0 Å². The molecule has 21 heavy (non-hydrogen) atoms. The Morgan fingerprint density at radius 1 is 1.10 bits per heavy atom. The number of hydrogen-bond acceptors (Lipinski definition) is 6. The van der Waals surface area contributed by atoms with Crippen LogP contribution in [0.15, 0.2) is 18.2 Å². The number of nitrogens with zero attached hydrogens (tertiary/aromatic N) is 4. The number of rotatable bonds is 3. The van der Waals surface area contributed by atoms with E-state index < -0.39 is 11.6 Å². The van der Waals surface area contributed by atoms with E-state index in [-0.39, 0.29) is 17.6 Å². The van der Waals surface area contributed by atoms with Gasteiger partial charge < -0.3 is 16.0 Å². The highest BCUT2D eigenvalue weighted by atomic mass is 19.1. The van der Waals surface area contributed by atoms with Crippen molar-refractivity contribution in [2.45, 2.75) is 12.8 Å². The quantitative estimate of drug-likeness (QED) is 0.901. The molecule has 0 atom stereocenters. The van der Waals surface area contributed by atoms with E-state index in [1.165, 1.54) is 0 Å². The maximum atomic E-state index is 13.6. The first-order valence-corrected chi connectivity index (χ1v) is 6.60. The summed E-state index contributed by atoms with van der Waals surface area (Å²) in [7, 11) is 0. The van der Waals surface area contributed by atoms with Crippen LogP contribution in [0.4, 0.5) is 32.3 Å². The zero-order valence-corrected chi connectivity index (χ0v) is 11.2. The maximum absolute atomic E-state index is 13.6. The minimum atomic E-state index is -0.599. The minimum Gasteiger partial charge on any atom is -0.368 e. The molecule has 0 saturated carbocycles. The lowest BCUT2D eigenvalue weighted by molar-refractivity contribution is 0.603. The summed E-state index contributed by atoms with van der Waals surface area (Å²) in [6.45, 7) is 1.69. The summed E-state index contributed by atoms with van der Waals surface area (Å²) in [5, 5.41) is 2.63. The molecule has 3 rings (SSSR count). The molecular formula is C13H14F2N6. The number of nitrogens with one attached hydrogen (secondary N) is 1. The monoisotopic (exact) mass is 292 g/mol. The van der Waals surface area contributed by atoms with E-state index in [9.17, 15) is 8.78 Å². The van der Waals surface area contributed by atoms with Crippen LogP contribution in [0.3, 0.4) is 0 Å². The first-order valence-electron chi connectivity index (χ1n) is 6.60. The fraction of sp³-hybridized carbons (Fsp3) is 0.308. The van der Waals surface area contributed by atoms with Gasteiger partial charge in [0.2, 0.25) is 17.8 Å². The number of nitrogen functional groups attached to an aromatic ring is 1. The van der Waals surface area contributed by atoms with Crippen molar-refractivity contribution in [2.75, 3.05) is 29.0 Å². The second-order valence-corrected chi connectivity index (χ2v) is 4.76. The summed E-state index contributed by atoms with van der Waals surface area (Å²) in [5.74, 6) is -0.585. The fourth-order valence-corrected chi connectivity index (χ4v) is 2.21. The van der Waals surface area contributed by atoms with Crippen molar-refractivity contribution >= 4 is 23.5 Å². The Morgan fingerprint density at radius 3 is 2.62 bits per heavy atom. The summed E-state index contributed by atoms with van der Waals surface area (Å²) in [6, 6.07) is 3.10. The normalized spacial score (nSPS) is 14.5. The van der Waals surface area contributed by atoms with Crippen molar-refractivity contribution < 1.29 is 8.78 Å². The molecule has 0 bridgehead atoms. The summed E-state index contributed by atoms with van der Waals surface area (Å²) in [5.41, 5.74) is 5.60. The summed E-state index contributed by atoms with van der Waals surface area (Å²) >= 11 is 0. The molecule has 1 aliphatic rings. The average molecular weight is 292 g/mol. The Hall–Kier alpha value is -2.51. The third-order valence-electron chi connectivity index (χ3n) is 3.20. The third kappa shape index (κ3) is 2.99. The van der Waals surface area contributed by atoms with Crippen molar-refractivity contribution in [2.24, 2.45) is 0 Å². The molecule has 1 saturated heterocycles. The first-order chi connectivity index (χ1) is 10.1. The molecule has 1 aromatic carbocycles. The van der Waals surface area contributed by atoms with Gasteiger partial charge in [-0.1, -0.05) is 0 Å². The Morgan fingerprint density at radius 2 is 1.86 bits per heavy atom. The zero-order valence-electron chi connectivity index (χ0n) is 11.2. The maximum Gasteiger partial charge on any atom is 0.233 e. The van der Waals surface area contributed by atoms with Crippen LogP contribution in [-0.2, 0) is 0 Å². The fourth-order valence-electron chi connectivity index (χ4n) is 2.21. The lowest BCUT2D eigenvalue weighted by atomic mass is 10.3. The second kappa shape index (κ2) is 5.47. The Labute approximate surface area is 120 Å². The number of halogens is 2. The van der Waals surface area contributed by atoms with E-state index in [0.29, 0.717) is 5.95 Å². The van der Waals surface area contributed by atoms with Gasteiger partial charge in [-0.05, 0) is 25.0 Å². The van der Waals surface area contributed by atoms with Gasteiger partial charge in [0.15, 0.2) is 0 Å². The summed E-state index contributed by atoms with van der Waals surface area (Å²) < 4.78 is 26.8. The topological polar surface area (TPSA) is 80.0 Å². The molecule has 0 unspecified atom stereocenters. The van der Waals surface area contributed by atoms with E-state index >= 15 is 0 Å². The van der Waals surface area contributed by atoms with E-state index in [2.05, 4.69) is 20.3 Å². The molecule has 0 aliphatic carbocycles. The SMILES string of the molecule is Nc1nc(Nc2cc(F)ccc2F)nc(N2CCCC2)n1. The molecule has 1 aliphatic heterocycles. The molecule has 2 aromatic rings. The standard InChI is InChI=1S/C13H14F2N6/c14-8-3-4-9(15)10(7-8)17-12-18-11(16)19-13(20-12)21-5-1-2-6-21/h3-4,7H,1-2,5-6H2,(H3,16,17,18,19,20). The van der Waals surface area contributed by atoms with Crippen LogP contribution in [0.25, 0.3) is 0 Å². The molecule has 8 heteroatoms. The highest BCUT2D eigenvalue weighted by Crippen LogP contribution is 2.22. The van der Waals surface area contributed by atoms with Gasteiger partial charge in [0.05, 0.1) is 5.69 Å². The van der Waals surface area contributed by atoms with E-state index in [0.717, 1.165) is 44.1 Å². The zero-order chi connectivity index (χ0) is 14.8. The van der Waals surface area contributed by atoms with Crippen LogP contribution in [0.2, 0.25) is 0 Å². The van der Waals surface area contributed by atoms with Crippen LogP contribution in [-0.4, -0.2) is 28.0 Å². The van der Waals surface area contributed by atoms with Gasteiger partial charge >= 0.3 is 0 Å². The predicted molar refractivity (Wildman–Crippen MR) is 75.3 cm³/mol. The van der Waals surface area contributed by atoms with Gasteiger partial charge in [0, 0.05) is 19.2 Å². The Bertz CT molecular complexity index is 657. The molecule has 2 heterocycles. The van der Waals surface area contributed by atoms with Crippen LogP contribution >= 0.6 is 0 Å². The molecule has 110 valence electrons. The summed E-state index contributed by atoms with van der Waals surface area (Å²) in [6.07, 6.45) is 2.12. The number of benzene rings is 1. The first kappa shape index (κ1) is 13.5. The number of nitrogens with two attached hydrogens (primary N) is 1. The van der Waals surface area contributed by atoms with Gasteiger partial charge in [0.1, 0.15) is 11.6 Å². The van der Waals surface area contributed by atoms with Crippen molar-refractivity contribution in [3.05, 3.63) is 29.8 Å². The number of hydrogen-bond donors (Lipinski definition) is 2. The molecule has 1 aromatic heterocycles. The van der Waals surface area contributed by atoms with Crippen molar-refractivity contribution in [3.63, 3.8) is 0 Å². The van der Waals surface area contributed by atoms with Gasteiger partial charge in [-0.2, -0.15) is 15.0 Å². The molecular weight excluding hydrogens is 278 g/mol. The van der Waals surface area contributed by atoms with Crippen LogP contribution in [0.1, 0.15) is 12.8 Å². The number of aromatic nitrogens is 3.